The Labute approximate surface area is 149 Å². The summed E-state index contributed by atoms with van der Waals surface area (Å²) in [6, 6.07) is 14.2. The van der Waals surface area contributed by atoms with Crippen molar-refractivity contribution in [3.63, 3.8) is 0 Å². The van der Waals surface area contributed by atoms with Crippen molar-refractivity contribution >= 4 is 17.6 Å². The smallest absolute Gasteiger partial charge is 0.339 e. The second-order valence-electron chi connectivity index (χ2n) is 5.57. The molecule has 3 rings (SSSR count). The summed E-state index contributed by atoms with van der Waals surface area (Å²) in [5.41, 5.74) is 2.33. The van der Waals surface area contributed by atoms with Gasteiger partial charge in [0.05, 0.1) is 18.5 Å². The predicted octanol–water partition coefficient (Wildman–Crippen LogP) is 3.20. The van der Waals surface area contributed by atoms with E-state index in [1.165, 1.54) is 24.9 Å². The molecule has 0 spiro atoms. The summed E-state index contributed by atoms with van der Waals surface area (Å²) in [6.45, 7) is 1.41. The molecule has 0 aliphatic heterocycles. The summed E-state index contributed by atoms with van der Waals surface area (Å²) in [6.07, 6.45) is 1.46. The average molecular weight is 351 g/mol. The third-order valence-electron chi connectivity index (χ3n) is 3.75. The van der Waals surface area contributed by atoms with Crippen molar-refractivity contribution in [3.8, 4) is 22.7 Å². The van der Waals surface area contributed by atoms with Crippen molar-refractivity contribution in [2.75, 3.05) is 12.4 Å². The number of nitrogens with zero attached hydrogens (tertiary/aromatic N) is 2. The van der Waals surface area contributed by atoms with Crippen LogP contribution in [0.15, 0.2) is 54.7 Å². The minimum atomic E-state index is -1.06. The van der Waals surface area contributed by atoms with Crippen molar-refractivity contribution in [2.24, 2.45) is 0 Å². The number of hydrogen-bond donors (Lipinski definition) is 2. The first kappa shape index (κ1) is 17.2. The van der Waals surface area contributed by atoms with Gasteiger partial charge in [-0.15, -0.1) is 0 Å². The zero-order chi connectivity index (χ0) is 18.7. The molecule has 1 heterocycles. The van der Waals surface area contributed by atoms with E-state index in [0.29, 0.717) is 28.4 Å². The first-order valence-corrected chi connectivity index (χ1v) is 7.84. The van der Waals surface area contributed by atoms with Gasteiger partial charge in [-0.25, -0.2) is 9.48 Å². The molecule has 0 saturated carbocycles. The highest BCUT2D eigenvalue weighted by atomic mass is 16.5. The fourth-order valence-corrected chi connectivity index (χ4v) is 2.59. The quantitative estimate of drug-likeness (QED) is 0.736. The van der Waals surface area contributed by atoms with E-state index >= 15 is 0 Å². The van der Waals surface area contributed by atoms with Gasteiger partial charge in [-0.2, -0.15) is 5.10 Å². The number of ether oxygens (including phenoxy) is 1. The lowest BCUT2D eigenvalue weighted by Crippen LogP contribution is -2.07. The summed E-state index contributed by atoms with van der Waals surface area (Å²) >= 11 is 0. The van der Waals surface area contributed by atoms with Crippen molar-refractivity contribution < 1.29 is 19.4 Å². The van der Waals surface area contributed by atoms with Gasteiger partial charge in [0.1, 0.15) is 17.0 Å². The lowest BCUT2D eigenvalue weighted by atomic mass is 10.1. The fourth-order valence-electron chi connectivity index (χ4n) is 2.59. The number of benzene rings is 2. The number of aromatic nitrogens is 2. The second-order valence-corrected chi connectivity index (χ2v) is 5.57. The van der Waals surface area contributed by atoms with Crippen molar-refractivity contribution in [2.45, 2.75) is 6.92 Å². The number of carboxylic acid groups (broad SMARTS) is 1. The van der Waals surface area contributed by atoms with Crippen molar-refractivity contribution in [1.82, 2.24) is 9.78 Å². The van der Waals surface area contributed by atoms with Crippen LogP contribution in [-0.2, 0) is 4.79 Å². The zero-order valence-electron chi connectivity index (χ0n) is 14.3. The molecule has 0 saturated heterocycles. The van der Waals surface area contributed by atoms with Gasteiger partial charge in [-0.1, -0.05) is 30.3 Å². The van der Waals surface area contributed by atoms with Crippen LogP contribution in [0.4, 0.5) is 5.69 Å². The van der Waals surface area contributed by atoms with E-state index in [4.69, 9.17) is 4.74 Å². The molecule has 7 heteroatoms. The highest BCUT2D eigenvalue weighted by molar-refractivity contribution is 5.95. The molecule has 2 aromatic carbocycles. The lowest BCUT2D eigenvalue weighted by molar-refractivity contribution is -0.114. The van der Waals surface area contributed by atoms with E-state index in [1.807, 2.05) is 18.2 Å². The van der Waals surface area contributed by atoms with E-state index in [2.05, 4.69) is 10.4 Å². The van der Waals surface area contributed by atoms with Crippen LogP contribution >= 0.6 is 0 Å². The van der Waals surface area contributed by atoms with E-state index in [9.17, 15) is 14.7 Å². The number of rotatable bonds is 5. The molecule has 0 fully saturated rings. The standard InChI is InChI=1S/C19H17N3O4/c1-12(23)20-16-9-8-14(10-17(16)26-2)22-11-15(19(24)25)18(21-22)13-6-4-3-5-7-13/h3-11H,1-2H3,(H,20,23)(H,24,25). The molecule has 0 radical (unpaired) electrons. The van der Waals surface area contributed by atoms with Gasteiger partial charge in [0.15, 0.2) is 0 Å². The van der Waals surface area contributed by atoms with Crippen LogP contribution in [0.5, 0.6) is 5.75 Å². The SMILES string of the molecule is COc1cc(-n2cc(C(=O)O)c(-c3ccccc3)n2)ccc1NC(C)=O. The first-order chi connectivity index (χ1) is 12.5. The maximum atomic E-state index is 11.6. The third-order valence-corrected chi connectivity index (χ3v) is 3.75. The first-order valence-electron chi connectivity index (χ1n) is 7.84. The number of carbonyl (C=O) groups excluding carboxylic acids is 1. The Balaban J connectivity index is 2.07. The molecule has 1 amide bonds. The molecule has 132 valence electrons. The van der Waals surface area contributed by atoms with Gasteiger partial charge >= 0.3 is 5.97 Å². The zero-order valence-corrected chi connectivity index (χ0v) is 14.3. The molecule has 0 atom stereocenters. The number of carbonyl (C=O) groups is 2. The Hall–Kier alpha value is -3.61. The predicted molar refractivity (Wildman–Crippen MR) is 96.8 cm³/mol. The summed E-state index contributed by atoms with van der Waals surface area (Å²) in [5, 5.41) is 16.6. The molecule has 0 bridgehead atoms. The Morgan fingerprint density at radius 1 is 1.15 bits per heavy atom. The van der Waals surface area contributed by atoms with Crippen LogP contribution in [0.3, 0.4) is 0 Å². The van der Waals surface area contributed by atoms with Gasteiger partial charge < -0.3 is 15.2 Å². The van der Waals surface area contributed by atoms with E-state index in [1.54, 1.807) is 30.3 Å². The van der Waals surface area contributed by atoms with Crippen molar-refractivity contribution in [1.29, 1.82) is 0 Å². The monoisotopic (exact) mass is 351 g/mol. The summed E-state index contributed by atoms with van der Waals surface area (Å²) < 4.78 is 6.78. The maximum Gasteiger partial charge on any atom is 0.339 e. The molecule has 1 aromatic heterocycles. The highest BCUT2D eigenvalue weighted by Crippen LogP contribution is 2.29. The summed E-state index contributed by atoms with van der Waals surface area (Å²) in [7, 11) is 1.49. The van der Waals surface area contributed by atoms with Crippen LogP contribution in [0.25, 0.3) is 16.9 Å². The Morgan fingerprint density at radius 2 is 1.88 bits per heavy atom. The number of aromatic carboxylic acids is 1. The average Bonchev–Trinajstić information content (AvgIpc) is 3.08. The minimum Gasteiger partial charge on any atom is -0.494 e. The number of anilines is 1. The number of carboxylic acids is 1. The van der Waals surface area contributed by atoms with Gasteiger partial charge in [-0.3, -0.25) is 4.79 Å². The largest absolute Gasteiger partial charge is 0.494 e. The van der Waals surface area contributed by atoms with Crippen LogP contribution in [0, 0.1) is 0 Å². The highest BCUT2D eigenvalue weighted by Gasteiger charge is 2.18. The van der Waals surface area contributed by atoms with Crippen LogP contribution in [0.2, 0.25) is 0 Å². The molecule has 0 unspecified atom stereocenters. The molecule has 2 N–H and O–H groups in total. The number of methoxy groups -OCH3 is 1. The maximum absolute atomic E-state index is 11.6. The molecular formula is C19H17N3O4. The lowest BCUT2D eigenvalue weighted by Gasteiger charge is -2.11. The second kappa shape index (κ2) is 7.10. The fraction of sp³-hybridized carbons (Fsp3) is 0.105. The topological polar surface area (TPSA) is 93.4 Å². The van der Waals surface area contributed by atoms with Crippen LogP contribution < -0.4 is 10.1 Å². The molecular weight excluding hydrogens is 334 g/mol. The van der Waals surface area contributed by atoms with E-state index < -0.39 is 5.97 Å². The van der Waals surface area contributed by atoms with Crippen LogP contribution in [0.1, 0.15) is 17.3 Å². The van der Waals surface area contributed by atoms with E-state index in [0.717, 1.165) is 0 Å². The summed E-state index contributed by atoms with van der Waals surface area (Å²) in [5.74, 6) is -0.821. The number of nitrogens with one attached hydrogen (secondary N) is 1. The molecule has 0 aliphatic carbocycles. The third kappa shape index (κ3) is 3.41. The normalized spacial score (nSPS) is 10.4. The van der Waals surface area contributed by atoms with Gasteiger partial charge in [0.25, 0.3) is 0 Å². The van der Waals surface area contributed by atoms with Gasteiger partial charge in [0.2, 0.25) is 5.91 Å². The number of amides is 1. The van der Waals surface area contributed by atoms with Crippen molar-refractivity contribution in [3.05, 3.63) is 60.3 Å². The summed E-state index contributed by atoms with van der Waals surface area (Å²) in [4.78, 5) is 22.9. The molecule has 7 nitrogen and oxygen atoms in total. The Bertz CT molecular complexity index is 964. The number of hydrogen-bond acceptors (Lipinski definition) is 4. The molecule has 3 aromatic rings. The van der Waals surface area contributed by atoms with E-state index in [-0.39, 0.29) is 11.5 Å². The van der Waals surface area contributed by atoms with Crippen LogP contribution in [-0.4, -0.2) is 33.9 Å². The van der Waals surface area contributed by atoms with Gasteiger partial charge in [-0.05, 0) is 12.1 Å². The molecule has 0 aliphatic rings. The molecule has 26 heavy (non-hydrogen) atoms. The minimum absolute atomic E-state index is 0.0982. The Morgan fingerprint density at radius 3 is 2.50 bits per heavy atom. The Kier molecular flexibility index (Phi) is 4.70. The van der Waals surface area contributed by atoms with Gasteiger partial charge in [0, 0.05) is 24.8 Å².